The van der Waals surface area contributed by atoms with Gasteiger partial charge in [-0.15, -0.1) is 0 Å². The van der Waals surface area contributed by atoms with E-state index in [1.165, 1.54) is 36.4 Å². The molecule has 0 bridgehead atoms. The van der Waals surface area contributed by atoms with E-state index in [0.717, 1.165) is 0 Å². The molecule has 7 nitrogen and oxygen atoms in total. The molecule has 0 radical (unpaired) electrons. The summed E-state index contributed by atoms with van der Waals surface area (Å²) in [6.45, 7) is 0. The molecule has 0 amide bonds. The molecule has 0 unspecified atom stereocenters. The van der Waals surface area contributed by atoms with E-state index in [4.69, 9.17) is 4.74 Å². The monoisotopic (exact) mass is 542 g/mol. The lowest BCUT2D eigenvalue weighted by atomic mass is 9.92. The Morgan fingerprint density at radius 3 is 1.17 bits per heavy atom. The van der Waals surface area contributed by atoms with Gasteiger partial charge in [-0.05, 0) is 69.1 Å². The molecule has 0 fully saturated rings. The van der Waals surface area contributed by atoms with E-state index < -0.39 is 11.9 Å². The van der Waals surface area contributed by atoms with Crippen LogP contribution in [-0.4, -0.2) is 32.4 Å². The lowest BCUT2D eigenvalue weighted by Gasteiger charge is -2.20. The molecule has 6 aromatic rings. The van der Waals surface area contributed by atoms with Gasteiger partial charge in [0, 0.05) is 11.1 Å². The molecule has 0 saturated heterocycles. The maximum absolute atomic E-state index is 12.4. The van der Waals surface area contributed by atoms with Gasteiger partial charge in [0.25, 0.3) is 0 Å². The SMILES string of the molecule is O=C(O)c1cc(Oc2cc(C(=O)O)c3ccccc3c2-c2ccc(O)cc2)c(-c2ccc(O)cc2)c2ccccc12. The molecule has 0 aliphatic heterocycles. The van der Waals surface area contributed by atoms with Crippen molar-refractivity contribution in [3.05, 3.63) is 120 Å². The van der Waals surface area contributed by atoms with Crippen LogP contribution in [0.3, 0.4) is 0 Å². The number of carboxylic acids is 2. The van der Waals surface area contributed by atoms with Crippen molar-refractivity contribution in [2.45, 2.75) is 0 Å². The molecule has 0 saturated carbocycles. The molecule has 0 aromatic heterocycles. The number of hydrogen-bond donors (Lipinski definition) is 4. The highest BCUT2D eigenvalue weighted by Gasteiger charge is 2.23. The van der Waals surface area contributed by atoms with Gasteiger partial charge >= 0.3 is 11.9 Å². The highest BCUT2D eigenvalue weighted by Crippen LogP contribution is 2.46. The Hall–Kier alpha value is -5.82. The van der Waals surface area contributed by atoms with Crippen molar-refractivity contribution in [1.82, 2.24) is 0 Å². The summed E-state index contributed by atoms with van der Waals surface area (Å²) in [5, 5.41) is 42.3. The fourth-order valence-corrected chi connectivity index (χ4v) is 5.18. The quantitative estimate of drug-likeness (QED) is 0.168. The number of ether oxygens (including phenoxy) is 1. The molecule has 6 aromatic carbocycles. The molecule has 6 rings (SSSR count). The molecule has 0 aliphatic rings. The Kier molecular flexibility index (Phi) is 6.24. The molecular formula is C34H22O7. The first kappa shape index (κ1) is 25.5. The molecular weight excluding hydrogens is 520 g/mol. The highest BCUT2D eigenvalue weighted by atomic mass is 16.5. The second-order valence-corrected chi connectivity index (χ2v) is 9.49. The Balaban J connectivity index is 1.70. The van der Waals surface area contributed by atoms with Crippen LogP contribution >= 0.6 is 0 Å². The van der Waals surface area contributed by atoms with E-state index in [1.807, 2.05) is 0 Å². The fourth-order valence-electron chi connectivity index (χ4n) is 5.18. The summed E-state index contributed by atoms with van der Waals surface area (Å²) in [5.74, 6) is -1.77. The minimum absolute atomic E-state index is 0.0172. The average Bonchev–Trinajstić information content (AvgIpc) is 2.97. The number of carbonyl (C=O) groups is 2. The van der Waals surface area contributed by atoms with Crippen molar-refractivity contribution in [3.8, 4) is 45.3 Å². The van der Waals surface area contributed by atoms with Crippen molar-refractivity contribution >= 4 is 33.5 Å². The first-order valence-corrected chi connectivity index (χ1v) is 12.7. The summed E-state index contributed by atoms with van der Waals surface area (Å²) in [7, 11) is 0. The standard InChI is InChI=1S/C34H22O7/c35-21-13-9-19(10-14-21)31-25-7-3-1-5-23(25)27(33(37)38)17-29(31)41-30-18-28(34(39)40)24-6-2-4-8-26(24)32(30)20-11-15-22(36)16-12-20/h1-18,35-36H,(H,37,38)(H,39,40). The minimum atomic E-state index is -1.15. The van der Waals surface area contributed by atoms with E-state index in [2.05, 4.69) is 0 Å². The Morgan fingerprint density at radius 1 is 0.488 bits per heavy atom. The Bertz CT molecular complexity index is 1830. The van der Waals surface area contributed by atoms with Gasteiger partial charge in [-0.25, -0.2) is 9.59 Å². The number of hydrogen-bond acceptors (Lipinski definition) is 5. The molecule has 7 heteroatoms. The second kappa shape index (κ2) is 10.1. The zero-order valence-corrected chi connectivity index (χ0v) is 21.4. The molecule has 41 heavy (non-hydrogen) atoms. The van der Waals surface area contributed by atoms with Crippen molar-refractivity contribution in [1.29, 1.82) is 0 Å². The van der Waals surface area contributed by atoms with Gasteiger partial charge in [-0.2, -0.15) is 0 Å². The Morgan fingerprint density at radius 2 is 0.829 bits per heavy atom. The summed E-state index contributed by atoms with van der Waals surface area (Å²) in [4.78, 5) is 24.7. The van der Waals surface area contributed by atoms with Gasteiger partial charge in [0.2, 0.25) is 0 Å². The smallest absolute Gasteiger partial charge is 0.336 e. The van der Waals surface area contributed by atoms with Crippen LogP contribution in [0.5, 0.6) is 23.0 Å². The number of benzene rings is 6. The number of phenols is 2. The van der Waals surface area contributed by atoms with Crippen LogP contribution in [0.15, 0.2) is 109 Å². The predicted octanol–water partition coefficient (Wildman–Crippen LogP) is 7.93. The van der Waals surface area contributed by atoms with Crippen LogP contribution in [0.4, 0.5) is 0 Å². The largest absolute Gasteiger partial charge is 0.508 e. The lowest BCUT2D eigenvalue weighted by Crippen LogP contribution is -2.03. The number of aromatic carboxylic acids is 2. The third-order valence-corrected chi connectivity index (χ3v) is 7.01. The van der Waals surface area contributed by atoms with Crippen molar-refractivity contribution in [3.63, 3.8) is 0 Å². The number of carboxylic acid groups (broad SMARTS) is 2. The highest BCUT2D eigenvalue weighted by molar-refractivity contribution is 6.12. The van der Waals surface area contributed by atoms with Gasteiger partial charge in [-0.3, -0.25) is 0 Å². The zero-order chi connectivity index (χ0) is 28.7. The molecule has 0 heterocycles. The van der Waals surface area contributed by atoms with Gasteiger partial charge < -0.3 is 25.2 Å². The van der Waals surface area contributed by atoms with Crippen LogP contribution in [0.1, 0.15) is 20.7 Å². The van der Waals surface area contributed by atoms with E-state index in [9.17, 15) is 30.0 Å². The van der Waals surface area contributed by atoms with Crippen LogP contribution in [0, 0.1) is 0 Å². The number of phenolic OH excluding ortho intramolecular Hbond substituents is 2. The number of rotatable bonds is 6. The normalized spacial score (nSPS) is 11.0. The molecule has 0 atom stereocenters. The summed E-state index contributed by atoms with van der Waals surface area (Å²) >= 11 is 0. The topological polar surface area (TPSA) is 124 Å². The van der Waals surface area contributed by atoms with Crippen LogP contribution in [0.2, 0.25) is 0 Å². The summed E-state index contributed by atoms with van der Waals surface area (Å²) in [6.07, 6.45) is 0. The Labute approximate surface area is 233 Å². The summed E-state index contributed by atoms with van der Waals surface area (Å²) in [6, 6.07) is 29.9. The van der Waals surface area contributed by atoms with Gasteiger partial charge in [-0.1, -0.05) is 72.8 Å². The van der Waals surface area contributed by atoms with Crippen molar-refractivity contribution < 1.29 is 34.8 Å². The zero-order valence-electron chi connectivity index (χ0n) is 21.4. The van der Waals surface area contributed by atoms with E-state index in [-0.39, 0.29) is 34.1 Å². The summed E-state index contributed by atoms with van der Waals surface area (Å²) < 4.78 is 6.56. The minimum Gasteiger partial charge on any atom is -0.508 e. The van der Waals surface area contributed by atoms with Gasteiger partial charge in [0.1, 0.15) is 23.0 Å². The van der Waals surface area contributed by atoms with Gasteiger partial charge in [0.15, 0.2) is 0 Å². The number of aromatic hydroxyl groups is 2. The fraction of sp³-hybridized carbons (Fsp3) is 0. The molecule has 4 N–H and O–H groups in total. The molecule has 0 aliphatic carbocycles. The molecule has 200 valence electrons. The third-order valence-electron chi connectivity index (χ3n) is 7.01. The van der Waals surface area contributed by atoms with Crippen LogP contribution in [0.25, 0.3) is 43.8 Å². The molecule has 0 spiro atoms. The van der Waals surface area contributed by atoms with Crippen LogP contribution < -0.4 is 4.74 Å². The average molecular weight is 543 g/mol. The van der Waals surface area contributed by atoms with E-state index in [1.54, 1.807) is 72.8 Å². The van der Waals surface area contributed by atoms with E-state index >= 15 is 0 Å². The van der Waals surface area contributed by atoms with Crippen molar-refractivity contribution in [2.24, 2.45) is 0 Å². The first-order valence-electron chi connectivity index (χ1n) is 12.7. The van der Waals surface area contributed by atoms with Crippen molar-refractivity contribution in [2.75, 3.05) is 0 Å². The van der Waals surface area contributed by atoms with E-state index in [0.29, 0.717) is 43.8 Å². The second-order valence-electron chi connectivity index (χ2n) is 9.49. The summed E-state index contributed by atoms with van der Waals surface area (Å²) in [5.41, 5.74) is 2.51. The predicted molar refractivity (Wildman–Crippen MR) is 156 cm³/mol. The van der Waals surface area contributed by atoms with Crippen LogP contribution in [-0.2, 0) is 0 Å². The van der Waals surface area contributed by atoms with Gasteiger partial charge in [0.05, 0.1) is 11.1 Å². The maximum atomic E-state index is 12.4. The first-order chi connectivity index (χ1) is 19.8. The third kappa shape index (κ3) is 4.55. The lowest BCUT2D eigenvalue weighted by molar-refractivity contribution is 0.0688. The maximum Gasteiger partial charge on any atom is 0.336 e. The number of fused-ring (bicyclic) bond motifs is 2.